The van der Waals surface area contributed by atoms with Crippen molar-refractivity contribution >= 4 is 77.1 Å². The van der Waals surface area contributed by atoms with E-state index < -0.39 is 0 Å². The third-order valence-corrected chi connectivity index (χ3v) is 12.3. The predicted octanol–water partition coefficient (Wildman–Crippen LogP) is 13.5. The molecule has 8 aromatic carbocycles. The number of aryl methyl sites for hydroxylation is 1. The van der Waals surface area contributed by atoms with Crippen LogP contribution in [0.25, 0.3) is 71.5 Å². The maximum atomic E-state index is 2.64. The van der Waals surface area contributed by atoms with Crippen LogP contribution in [0.5, 0.6) is 0 Å². The van der Waals surface area contributed by atoms with Crippen molar-refractivity contribution in [2.45, 2.75) is 24.8 Å². The highest BCUT2D eigenvalue weighted by Crippen LogP contribution is 2.55. The minimum absolute atomic E-state index is 0.0470. The monoisotopic (exact) mass is 688 g/mol. The van der Waals surface area contributed by atoms with Crippen LogP contribution in [0, 0.1) is 0 Å². The Kier molecular flexibility index (Phi) is 6.32. The molecule has 0 spiro atoms. The average Bonchev–Trinajstić information content (AvgIpc) is 3.75. The summed E-state index contributed by atoms with van der Waals surface area (Å²) in [4.78, 5) is 2.64. The molecule has 0 saturated carbocycles. The van der Waals surface area contributed by atoms with Gasteiger partial charge in [0.1, 0.15) is 0 Å². The highest BCUT2D eigenvalue weighted by atomic mass is 15.2. The van der Waals surface area contributed by atoms with Crippen molar-refractivity contribution < 1.29 is 0 Å². The second-order valence-electron chi connectivity index (χ2n) is 15.1. The third-order valence-electron chi connectivity index (χ3n) is 12.3. The largest absolute Gasteiger partial charge is 0.333 e. The summed E-state index contributed by atoms with van der Waals surface area (Å²) in [5, 5.41) is 10.4. The fourth-order valence-electron chi connectivity index (χ4n) is 10.0. The topological polar surface area (TPSA) is 8.17 Å². The van der Waals surface area contributed by atoms with E-state index in [0.717, 1.165) is 12.8 Å². The van der Waals surface area contributed by atoms with Gasteiger partial charge in [-0.15, -0.1) is 0 Å². The Morgan fingerprint density at radius 1 is 0.593 bits per heavy atom. The van der Waals surface area contributed by atoms with Gasteiger partial charge >= 0.3 is 0 Å². The van der Waals surface area contributed by atoms with Crippen molar-refractivity contribution in [2.75, 3.05) is 4.90 Å². The minimum Gasteiger partial charge on any atom is -0.333 e. The molecule has 2 atom stereocenters. The molecule has 0 saturated heterocycles. The second-order valence-corrected chi connectivity index (χ2v) is 15.1. The first-order chi connectivity index (χ1) is 26.8. The van der Waals surface area contributed by atoms with E-state index in [-0.39, 0.29) is 12.0 Å². The van der Waals surface area contributed by atoms with E-state index >= 15 is 0 Å². The van der Waals surface area contributed by atoms with Crippen LogP contribution in [0.3, 0.4) is 0 Å². The van der Waals surface area contributed by atoms with Gasteiger partial charge in [0.25, 0.3) is 0 Å². The molecule has 254 valence electrons. The number of hydrogen-bond acceptors (Lipinski definition) is 1. The standard InChI is InChI=1S/C52H36N2/c1-2-14-35-31-38(27-26-33(35)12-1)53-47-23-8-7-20-42(47)45-32-39(28-29-48(45)53)54(46-24-10-16-34-13-3-5-18-40(34)46)49-25-11-22-44-51(49)43-21-9-17-37-30-36-15-4-6-19-41(36)52(44)50(37)43/h2-11,13-32,49,51H,1,12H2. The lowest BCUT2D eigenvalue weighted by atomic mass is 9.83. The lowest BCUT2D eigenvalue weighted by molar-refractivity contribution is 0.717. The second kappa shape index (κ2) is 11.4. The maximum absolute atomic E-state index is 2.64. The first-order valence-electron chi connectivity index (χ1n) is 19.2. The number of nitrogens with zero attached hydrogens (tertiary/aromatic N) is 2. The van der Waals surface area contributed by atoms with Gasteiger partial charge in [-0.05, 0) is 116 Å². The van der Waals surface area contributed by atoms with Crippen LogP contribution in [0.1, 0.15) is 34.6 Å². The predicted molar refractivity (Wildman–Crippen MR) is 229 cm³/mol. The number of para-hydroxylation sites is 1. The van der Waals surface area contributed by atoms with E-state index in [1.54, 1.807) is 0 Å². The molecule has 9 aromatic rings. The highest BCUT2D eigenvalue weighted by Gasteiger charge is 2.40. The van der Waals surface area contributed by atoms with Gasteiger partial charge in [-0.2, -0.15) is 0 Å². The van der Waals surface area contributed by atoms with Crippen molar-refractivity contribution in [1.29, 1.82) is 0 Å². The van der Waals surface area contributed by atoms with Crippen LogP contribution in [0.4, 0.5) is 11.4 Å². The van der Waals surface area contributed by atoms with Crippen LogP contribution in [0.2, 0.25) is 0 Å². The lowest BCUT2D eigenvalue weighted by Crippen LogP contribution is -2.35. The van der Waals surface area contributed by atoms with Crippen LogP contribution < -0.4 is 4.90 Å². The maximum Gasteiger partial charge on any atom is 0.0635 e. The van der Waals surface area contributed by atoms with Crippen LogP contribution in [0.15, 0.2) is 176 Å². The molecule has 1 aromatic heterocycles. The molecule has 0 bridgehead atoms. The van der Waals surface area contributed by atoms with Crippen LogP contribution >= 0.6 is 0 Å². The van der Waals surface area contributed by atoms with Gasteiger partial charge in [0.05, 0.1) is 17.1 Å². The van der Waals surface area contributed by atoms with Gasteiger partial charge in [0, 0.05) is 39.1 Å². The molecule has 2 unspecified atom stereocenters. The Morgan fingerprint density at radius 2 is 1.37 bits per heavy atom. The molecule has 2 nitrogen and oxygen atoms in total. The first kappa shape index (κ1) is 29.9. The van der Waals surface area contributed by atoms with E-state index in [1.807, 2.05) is 0 Å². The molecule has 3 aliphatic rings. The van der Waals surface area contributed by atoms with E-state index in [4.69, 9.17) is 0 Å². The number of aromatic nitrogens is 1. The quantitative estimate of drug-likeness (QED) is 0.167. The molecule has 0 aliphatic heterocycles. The average molecular weight is 689 g/mol. The van der Waals surface area contributed by atoms with Crippen molar-refractivity contribution in [2.24, 2.45) is 0 Å². The van der Waals surface area contributed by atoms with E-state index in [2.05, 4.69) is 192 Å². The fourth-order valence-corrected chi connectivity index (χ4v) is 10.0. The summed E-state index contributed by atoms with van der Waals surface area (Å²) in [7, 11) is 0. The summed E-state index contributed by atoms with van der Waals surface area (Å²) in [6, 6.07) is 57.0. The summed E-state index contributed by atoms with van der Waals surface area (Å²) >= 11 is 0. The molecular formula is C52H36N2. The Hall–Kier alpha value is -6.64. The Bertz CT molecular complexity index is 3130. The molecule has 3 aliphatic carbocycles. The number of rotatable bonds is 4. The van der Waals surface area contributed by atoms with Crippen molar-refractivity contribution in [3.63, 3.8) is 0 Å². The van der Waals surface area contributed by atoms with E-state index in [9.17, 15) is 0 Å². The Balaban J connectivity index is 1.10. The minimum atomic E-state index is 0.0470. The zero-order chi connectivity index (χ0) is 35.3. The molecule has 0 amide bonds. The first-order valence-corrected chi connectivity index (χ1v) is 19.2. The van der Waals surface area contributed by atoms with Gasteiger partial charge in [-0.1, -0.05) is 134 Å². The number of anilines is 2. The SMILES string of the molecule is C1=CC(N(c2ccc3c(c2)c2ccccc2n3-c2ccc3c(c2)C=CCC3)c2cccc3ccccc23)C2C(=C1)c1c3ccccc3cc3cccc2c13. The summed E-state index contributed by atoms with van der Waals surface area (Å²) in [5.74, 6) is 0.166. The van der Waals surface area contributed by atoms with Gasteiger partial charge < -0.3 is 9.47 Å². The number of benzene rings is 8. The summed E-state index contributed by atoms with van der Waals surface area (Å²) in [6.45, 7) is 0. The Labute approximate surface area is 314 Å². The molecule has 54 heavy (non-hydrogen) atoms. The van der Waals surface area contributed by atoms with Gasteiger partial charge in [0.15, 0.2) is 0 Å². The summed E-state index contributed by atoms with van der Waals surface area (Å²) < 4.78 is 2.46. The summed E-state index contributed by atoms with van der Waals surface area (Å²) in [5.41, 5.74) is 13.1. The van der Waals surface area contributed by atoms with Crippen molar-refractivity contribution in [1.82, 2.24) is 4.57 Å². The van der Waals surface area contributed by atoms with Crippen molar-refractivity contribution in [3.8, 4) is 5.69 Å². The molecule has 12 rings (SSSR count). The molecule has 0 N–H and O–H groups in total. The van der Waals surface area contributed by atoms with E-state index in [1.165, 1.54) is 99.0 Å². The van der Waals surface area contributed by atoms with Gasteiger partial charge in [0.2, 0.25) is 0 Å². The smallest absolute Gasteiger partial charge is 0.0635 e. The zero-order valence-corrected chi connectivity index (χ0v) is 29.8. The van der Waals surface area contributed by atoms with Gasteiger partial charge in [-0.25, -0.2) is 0 Å². The molecule has 0 radical (unpaired) electrons. The van der Waals surface area contributed by atoms with Crippen LogP contribution in [-0.2, 0) is 6.42 Å². The molecule has 0 fully saturated rings. The molecule has 1 heterocycles. The number of allylic oxidation sites excluding steroid dienone is 3. The summed E-state index contributed by atoms with van der Waals surface area (Å²) in [6.07, 6.45) is 14.0. The number of hydrogen-bond donors (Lipinski definition) is 0. The fraction of sp³-hybridized carbons (Fsp3) is 0.0769. The lowest BCUT2D eigenvalue weighted by Gasteiger charge is -2.39. The molecular weight excluding hydrogens is 653 g/mol. The zero-order valence-electron chi connectivity index (χ0n) is 29.8. The highest BCUT2D eigenvalue weighted by molar-refractivity contribution is 6.16. The van der Waals surface area contributed by atoms with E-state index in [0.29, 0.717) is 0 Å². The van der Waals surface area contributed by atoms with Gasteiger partial charge in [-0.3, -0.25) is 0 Å². The van der Waals surface area contributed by atoms with Crippen LogP contribution in [-0.4, -0.2) is 10.6 Å². The third kappa shape index (κ3) is 4.22. The normalized spacial score (nSPS) is 17.1. The van der Waals surface area contributed by atoms with Crippen molar-refractivity contribution in [3.05, 3.63) is 198 Å². The molecule has 2 heteroatoms. The number of fused-ring (bicyclic) bond motifs is 10. The Morgan fingerprint density at radius 3 is 2.31 bits per heavy atom.